The van der Waals surface area contributed by atoms with Gasteiger partial charge in [-0.3, -0.25) is 4.79 Å². The van der Waals surface area contributed by atoms with Gasteiger partial charge in [0.1, 0.15) is 0 Å². The third-order valence-electron chi connectivity index (χ3n) is 3.65. The SMILES string of the molecule is CC(=C[C@H](C(C)C)N(C)C(=O)CNS(=O)(=O)c1cn(C)cn1)C(=O)O. The first-order chi connectivity index (χ1) is 11.5. The quantitative estimate of drug-likeness (QED) is 0.629. The van der Waals surface area contributed by atoms with E-state index in [1.165, 1.54) is 42.0 Å². The molecule has 9 nitrogen and oxygen atoms in total. The highest BCUT2D eigenvalue weighted by atomic mass is 32.2. The number of aryl methyl sites for hydroxylation is 1. The summed E-state index contributed by atoms with van der Waals surface area (Å²) in [5.74, 6) is -1.59. The van der Waals surface area contributed by atoms with Crippen molar-refractivity contribution in [3.05, 3.63) is 24.2 Å². The molecule has 1 atom stereocenters. The lowest BCUT2D eigenvalue weighted by atomic mass is 10.00. The molecule has 25 heavy (non-hydrogen) atoms. The second kappa shape index (κ2) is 8.26. The van der Waals surface area contributed by atoms with Gasteiger partial charge in [-0.15, -0.1) is 0 Å². The van der Waals surface area contributed by atoms with Gasteiger partial charge in [-0.05, 0) is 12.8 Å². The number of nitrogens with zero attached hydrogens (tertiary/aromatic N) is 3. The smallest absolute Gasteiger partial charge is 0.331 e. The third-order valence-corrected chi connectivity index (χ3v) is 4.94. The van der Waals surface area contributed by atoms with Crippen LogP contribution in [0.3, 0.4) is 0 Å². The summed E-state index contributed by atoms with van der Waals surface area (Å²) in [6.45, 7) is 4.69. The summed E-state index contributed by atoms with van der Waals surface area (Å²) in [4.78, 5) is 28.4. The van der Waals surface area contributed by atoms with E-state index in [9.17, 15) is 18.0 Å². The first kappa shape index (κ1) is 20.8. The van der Waals surface area contributed by atoms with Crippen LogP contribution in [0.15, 0.2) is 29.2 Å². The van der Waals surface area contributed by atoms with Crippen LogP contribution in [-0.2, 0) is 26.7 Å². The summed E-state index contributed by atoms with van der Waals surface area (Å²) in [6, 6.07) is -0.469. The number of aliphatic carboxylic acids is 1. The molecule has 0 aliphatic carbocycles. The molecule has 10 heteroatoms. The molecule has 0 saturated heterocycles. The largest absolute Gasteiger partial charge is 0.478 e. The van der Waals surface area contributed by atoms with E-state index >= 15 is 0 Å². The van der Waals surface area contributed by atoms with E-state index in [4.69, 9.17) is 5.11 Å². The van der Waals surface area contributed by atoms with Crippen molar-refractivity contribution in [3.8, 4) is 0 Å². The molecule has 1 rings (SSSR count). The van der Waals surface area contributed by atoms with E-state index in [0.717, 1.165) is 0 Å². The van der Waals surface area contributed by atoms with Gasteiger partial charge in [0.2, 0.25) is 5.91 Å². The molecule has 0 bridgehead atoms. The molecule has 1 amide bonds. The number of likely N-dealkylation sites (N-methyl/N-ethyl adjacent to an activating group) is 1. The molecule has 140 valence electrons. The molecule has 0 radical (unpaired) electrons. The summed E-state index contributed by atoms with van der Waals surface area (Å²) in [5.41, 5.74) is 0.118. The Morgan fingerprint density at radius 1 is 1.44 bits per heavy atom. The van der Waals surface area contributed by atoms with Crippen LogP contribution in [-0.4, -0.2) is 59.5 Å². The van der Waals surface area contributed by atoms with Crippen molar-refractivity contribution in [1.29, 1.82) is 0 Å². The minimum absolute atomic E-state index is 0.0457. The van der Waals surface area contributed by atoms with Gasteiger partial charge in [0.15, 0.2) is 5.03 Å². The van der Waals surface area contributed by atoms with Crippen molar-refractivity contribution in [3.63, 3.8) is 0 Å². The van der Waals surface area contributed by atoms with Crippen LogP contribution in [0.5, 0.6) is 0 Å². The number of carbonyl (C=O) groups excluding carboxylic acids is 1. The molecular weight excluding hydrogens is 348 g/mol. The molecule has 0 spiro atoms. The van der Waals surface area contributed by atoms with Crippen molar-refractivity contribution < 1.29 is 23.1 Å². The van der Waals surface area contributed by atoms with Crippen LogP contribution in [0.2, 0.25) is 0 Å². The number of imidazole rings is 1. The number of amides is 1. The predicted molar refractivity (Wildman–Crippen MR) is 91.2 cm³/mol. The predicted octanol–water partition coefficient (Wildman–Crippen LogP) is 0.212. The Hall–Kier alpha value is -2.20. The maximum absolute atomic E-state index is 12.3. The second-order valence-electron chi connectivity index (χ2n) is 6.10. The Morgan fingerprint density at radius 2 is 2.04 bits per heavy atom. The van der Waals surface area contributed by atoms with Crippen LogP contribution in [0.25, 0.3) is 0 Å². The van der Waals surface area contributed by atoms with E-state index in [1.54, 1.807) is 7.05 Å². The number of carboxylic acids is 1. The minimum atomic E-state index is -3.89. The zero-order chi connectivity index (χ0) is 19.4. The highest BCUT2D eigenvalue weighted by molar-refractivity contribution is 7.89. The lowest BCUT2D eigenvalue weighted by Gasteiger charge is -2.29. The first-order valence-corrected chi connectivity index (χ1v) is 9.09. The molecule has 0 aromatic carbocycles. The van der Waals surface area contributed by atoms with E-state index in [2.05, 4.69) is 9.71 Å². The van der Waals surface area contributed by atoms with Crippen LogP contribution >= 0.6 is 0 Å². The number of nitrogens with one attached hydrogen (secondary N) is 1. The van der Waals surface area contributed by atoms with Gasteiger partial charge in [0.25, 0.3) is 10.0 Å². The molecule has 0 unspecified atom stereocenters. The van der Waals surface area contributed by atoms with Gasteiger partial charge in [-0.1, -0.05) is 19.9 Å². The summed E-state index contributed by atoms with van der Waals surface area (Å²) >= 11 is 0. The maximum Gasteiger partial charge on any atom is 0.331 e. The number of hydrogen-bond donors (Lipinski definition) is 2. The van der Waals surface area contributed by atoms with Gasteiger partial charge >= 0.3 is 5.97 Å². The Balaban J connectivity index is 2.84. The summed E-state index contributed by atoms with van der Waals surface area (Å²) in [7, 11) is -0.748. The monoisotopic (exact) mass is 372 g/mol. The van der Waals surface area contributed by atoms with Crippen LogP contribution in [0, 0.1) is 5.92 Å². The van der Waals surface area contributed by atoms with Gasteiger partial charge in [0.05, 0.1) is 18.9 Å². The van der Waals surface area contributed by atoms with Crippen LogP contribution in [0.1, 0.15) is 20.8 Å². The van der Waals surface area contributed by atoms with Gasteiger partial charge < -0.3 is 14.6 Å². The standard InChI is InChI=1S/C15H24N4O5S/c1-10(2)12(6-11(3)15(21)22)19(5)14(20)7-17-25(23,24)13-8-18(4)9-16-13/h6,8-10,12,17H,7H2,1-5H3,(H,21,22)/t12-/m1/s1. The zero-order valence-corrected chi connectivity index (χ0v) is 15.7. The van der Waals surface area contributed by atoms with Crippen molar-refractivity contribution in [2.75, 3.05) is 13.6 Å². The lowest BCUT2D eigenvalue weighted by Crippen LogP contribution is -2.44. The molecule has 2 N–H and O–H groups in total. The fourth-order valence-corrected chi connectivity index (χ4v) is 3.08. The fourth-order valence-electron chi connectivity index (χ4n) is 2.13. The third kappa shape index (κ3) is 5.68. The Kier molecular flexibility index (Phi) is 6.88. The number of carbonyl (C=O) groups is 2. The molecule has 1 heterocycles. The Morgan fingerprint density at radius 3 is 2.48 bits per heavy atom. The first-order valence-electron chi connectivity index (χ1n) is 7.60. The average Bonchev–Trinajstić information content (AvgIpc) is 2.96. The van der Waals surface area contributed by atoms with Crippen molar-refractivity contribution in [2.24, 2.45) is 13.0 Å². The molecule has 0 aliphatic heterocycles. The molecule has 0 saturated carbocycles. The van der Waals surface area contributed by atoms with Crippen molar-refractivity contribution >= 4 is 21.9 Å². The topological polar surface area (TPSA) is 122 Å². The number of aromatic nitrogens is 2. The maximum atomic E-state index is 12.3. The number of rotatable bonds is 8. The summed E-state index contributed by atoms with van der Waals surface area (Å²) < 4.78 is 27.9. The van der Waals surface area contributed by atoms with Gasteiger partial charge in [0, 0.05) is 25.9 Å². The van der Waals surface area contributed by atoms with E-state index in [-0.39, 0.29) is 16.5 Å². The number of sulfonamides is 1. The van der Waals surface area contributed by atoms with Crippen LogP contribution in [0.4, 0.5) is 0 Å². The van der Waals surface area contributed by atoms with Crippen LogP contribution < -0.4 is 4.72 Å². The summed E-state index contributed by atoms with van der Waals surface area (Å²) in [5, 5.41) is 8.83. The molecule has 0 aliphatic rings. The lowest BCUT2D eigenvalue weighted by molar-refractivity contribution is -0.133. The van der Waals surface area contributed by atoms with E-state index in [0.29, 0.717) is 0 Å². The highest BCUT2D eigenvalue weighted by Crippen LogP contribution is 2.14. The van der Waals surface area contributed by atoms with Gasteiger partial charge in [-0.2, -0.15) is 0 Å². The zero-order valence-electron chi connectivity index (χ0n) is 14.9. The summed E-state index contributed by atoms with van der Waals surface area (Å²) in [6.07, 6.45) is 4.15. The molecule has 1 aromatic rings. The van der Waals surface area contributed by atoms with Crippen molar-refractivity contribution in [2.45, 2.75) is 31.8 Å². The van der Waals surface area contributed by atoms with Crippen molar-refractivity contribution in [1.82, 2.24) is 19.2 Å². The second-order valence-corrected chi connectivity index (χ2v) is 7.81. The normalized spacial score (nSPS) is 13.8. The number of carboxylic acid groups (broad SMARTS) is 1. The molecule has 0 fully saturated rings. The fraction of sp³-hybridized carbons (Fsp3) is 0.533. The Bertz CT molecular complexity index is 767. The molecule has 1 aromatic heterocycles. The Labute approximate surface area is 147 Å². The molecular formula is C15H24N4O5S. The average molecular weight is 372 g/mol. The van der Waals surface area contributed by atoms with E-state index < -0.39 is 34.5 Å². The highest BCUT2D eigenvalue weighted by Gasteiger charge is 2.24. The van der Waals surface area contributed by atoms with Gasteiger partial charge in [-0.25, -0.2) is 22.9 Å². The van der Waals surface area contributed by atoms with E-state index in [1.807, 2.05) is 13.8 Å². The minimum Gasteiger partial charge on any atom is -0.478 e. The number of hydrogen-bond acceptors (Lipinski definition) is 5.